The van der Waals surface area contributed by atoms with Crippen LogP contribution in [0.25, 0.3) is 0 Å². The van der Waals surface area contributed by atoms with Crippen LogP contribution in [-0.4, -0.2) is 59.9 Å². The molecule has 0 aromatic carbocycles. The van der Waals surface area contributed by atoms with Crippen molar-refractivity contribution in [2.45, 2.75) is 180 Å². The second kappa shape index (κ2) is 39.0. The first-order valence-electron chi connectivity index (χ1n) is 21.3. The molecule has 56 heavy (non-hydrogen) atoms. The summed E-state index contributed by atoms with van der Waals surface area (Å²) < 4.78 is 32.6. The molecule has 11 nitrogen and oxygen atoms in total. The van der Waals surface area contributed by atoms with Gasteiger partial charge in [-0.25, -0.2) is 4.57 Å². The fraction of sp³-hybridized carbons (Fsp3) is 0.705. The van der Waals surface area contributed by atoms with Crippen molar-refractivity contribution < 1.29 is 47.5 Å². The van der Waals surface area contributed by atoms with E-state index in [9.17, 15) is 23.8 Å². The van der Waals surface area contributed by atoms with Gasteiger partial charge in [0, 0.05) is 12.8 Å². The smallest absolute Gasteiger partial charge is 0.472 e. The van der Waals surface area contributed by atoms with E-state index in [2.05, 4.69) is 79.1 Å². The topological polar surface area (TPSA) is 172 Å². The number of hydrogen-bond donors (Lipinski definition) is 3. The molecular weight excluding hydrogens is 733 g/mol. The van der Waals surface area contributed by atoms with Gasteiger partial charge >= 0.3 is 25.7 Å². The molecule has 0 aromatic rings. The zero-order chi connectivity index (χ0) is 41.4. The monoisotopic (exact) mass is 810 g/mol. The van der Waals surface area contributed by atoms with Crippen molar-refractivity contribution in [1.82, 2.24) is 0 Å². The number of ether oxygens (including phenoxy) is 2. The molecule has 1 unspecified atom stereocenters. The Bertz CT molecular complexity index is 1180. The maximum absolute atomic E-state index is 12.6. The Morgan fingerprint density at radius 2 is 1.00 bits per heavy atom. The van der Waals surface area contributed by atoms with Gasteiger partial charge < -0.3 is 25.2 Å². The Balaban J connectivity index is 4.44. The number of nitrogens with two attached hydrogens (primary N) is 1. The number of carboxylic acid groups (broad SMARTS) is 1. The van der Waals surface area contributed by atoms with Crippen LogP contribution in [0.4, 0.5) is 0 Å². The van der Waals surface area contributed by atoms with Crippen LogP contribution >= 0.6 is 7.82 Å². The lowest BCUT2D eigenvalue weighted by Crippen LogP contribution is -2.34. The Kier molecular flexibility index (Phi) is 37.1. The summed E-state index contributed by atoms with van der Waals surface area (Å²) in [4.78, 5) is 45.9. The van der Waals surface area contributed by atoms with E-state index in [1.807, 2.05) is 0 Å². The van der Waals surface area contributed by atoms with Crippen LogP contribution in [0.15, 0.2) is 60.8 Å². The number of esters is 2. The third-order valence-electron chi connectivity index (χ3n) is 8.75. The molecule has 0 amide bonds. The molecule has 0 spiro atoms. The SMILES string of the molecule is CC/C=C/C/C=C/C/C=C/C/C=C/CCCCC(=O)O[C@H](COC(=O)CCCCCCCCC/C=C/CCCCCCCC)COP(=O)(O)OC[C@H](N)C(=O)O. The largest absolute Gasteiger partial charge is 0.480 e. The zero-order valence-corrected chi connectivity index (χ0v) is 35.6. The van der Waals surface area contributed by atoms with Gasteiger partial charge in [0.25, 0.3) is 0 Å². The van der Waals surface area contributed by atoms with E-state index >= 15 is 0 Å². The maximum atomic E-state index is 12.6. The molecule has 4 N–H and O–H groups in total. The number of hydrogen-bond acceptors (Lipinski definition) is 9. The van der Waals surface area contributed by atoms with Crippen LogP contribution < -0.4 is 5.73 Å². The predicted octanol–water partition coefficient (Wildman–Crippen LogP) is 11.2. The molecule has 0 aromatic heterocycles. The maximum Gasteiger partial charge on any atom is 0.472 e. The van der Waals surface area contributed by atoms with Crippen molar-refractivity contribution in [3.63, 3.8) is 0 Å². The molecule has 0 aliphatic heterocycles. The highest BCUT2D eigenvalue weighted by molar-refractivity contribution is 7.47. The molecular formula is C44H76NO10P. The highest BCUT2D eigenvalue weighted by Gasteiger charge is 2.28. The quantitative estimate of drug-likeness (QED) is 0.0233. The number of allylic oxidation sites excluding steroid dienone is 10. The summed E-state index contributed by atoms with van der Waals surface area (Å²) in [6.45, 7) is 2.63. The second-order valence-electron chi connectivity index (χ2n) is 14.1. The first-order chi connectivity index (χ1) is 27.1. The molecule has 0 aliphatic rings. The van der Waals surface area contributed by atoms with Gasteiger partial charge in [0.15, 0.2) is 6.10 Å². The molecule has 3 atom stereocenters. The number of phosphoric ester groups is 1. The fourth-order valence-electron chi connectivity index (χ4n) is 5.40. The lowest BCUT2D eigenvalue weighted by Gasteiger charge is -2.20. The molecule has 0 radical (unpaired) electrons. The molecule has 0 bridgehead atoms. The summed E-state index contributed by atoms with van der Waals surface area (Å²) in [7, 11) is -4.73. The summed E-state index contributed by atoms with van der Waals surface area (Å²) in [6, 6.07) is -1.53. The van der Waals surface area contributed by atoms with Crippen LogP contribution in [0.5, 0.6) is 0 Å². The van der Waals surface area contributed by atoms with E-state index in [4.69, 9.17) is 24.8 Å². The highest BCUT2D eigenvalue weighted by Crippen LogP contribution is 2.43. The van der Waals surface area contributed by atoms with Crippen LogP contribution in [-0.2, 0) is 37.5 Å². The van der Waals surface area contributed by atoms with E-state index in [0.717, 1.165) is 64.2 Å². The van der Waals surface area contributed by atoms with Gasteiger partial charge in [-0.15, -0.1) is 0 Å². The fourth-order valence-corrected chi connectivity index (χ4v) is 6.18. The predicted molar refractivity (Wildman–Crippen MR) is 226 cm³/mol. The molecule has 12 heteroatoms. The van der Waals surface area contributed by atoms with Crippen LogP contribution in [0.1, 0.15) is 168 Å². The van der Waals surface area contributed by atoms with Gasteiger partial charge in [0.2, 0.25) is 0 Å². The number of unbranched alkanes of at least 4 members (excludes halogenated alkanes) is 15. The van der Waals surface area contributed by atoms with Gasteiger partial charge in [0.05, 0.1) is 13.2 Å². The third kappa shape index (κ3) is 38.1. The van der Waals surface area contributed by atoms with E-state index in [-0.39, 0.29) is 19.4 Å². The molecule has 0 fully saturated rings. The minimum Gasteiger partial charge on any atom is -0.480 e. The Morgan fingerprint density at radius 3 is 1.55 bits per heavy atom. The Morgan fingerprint density at radius 1 is 0.571 bits per heavy atom. The molecule has 0 heterocycles. The summed E-state index contributed by atoms with van der Waals surface area (Å²) in [5, 5.41) is 8.88. The van der Waals surface area contributed by atoms with Gasteiger partial charge in [-0.3, -0.25) is 23.4 Å². The van der Waals surface area contributed by atoms with Crippen molar-refractivity contribution >= 4 is 25.7 Å². The van der Waals surface area contributed by atoms with Crippen molar-refractivity contribution in [3.05, 3.63) is 60.8 Å². The van der Waals surface area contributed by atoms with E-state index < -0.39 is 51.1 Å². The van der Waals surface area contributed by atoms with Crippen molar-refractivity contribution in [2.24, 2.45) is 5.73 Å². The number of aliphatic carboxylic acids is 1. The second-order valence-corrected chi connectivity index (χ2v) is 15.5. The van der Waals surface area contributed by atoms with Crippen molar-refractivity contribution in [1.29, 1.82) is 0 Å². The standard InChI is InChI=1S/C44H76NO10P/c1-3-5-7-9-11-13-15-17-19-20-22-23-25-27-29-31-33-35-42(46)52-37-40(38-53-56(50,51)54-39-41(45)44(48)49)55-43(47)36-34-32-30-28-26-24-21-18-16-14-12-10-8-6-4-2/h6,8,12,14,17-19,21,26,28,40-41H,3-5,7,9-11,13,15-16,20,22-25,27,29-39,45H2,1-2H3,(H,48,49)(H,50,51)/b8-6+,14-12+,19-17+,21-18+,28-26+/t40-,41+/m1/s1. The molecule has 0 rings (SSSR count). The highest BCUT2D eigenvalue weighted by atomic mass is 31.2. The minimum absolute atomic E-state index is 0.106. The average Bonchev–Trinajstić information content (AvgIpc) is 3.17. The average molecular weight is 810 g/mol. The number of carboxylic acids is 1. The summed E-state index contributed by atoms with van der Waals surface area (Å²) in [6.07, 6.45) is 44.3. The number of rotatable bonds is 39. The van der Waals surface area contributed by atoms with E-state index in [1.165, 1.54) is 64.2 Å². The lowest BCUT2D eigenvalue weighted by atomic mass is 10.1. The summed E-state index contributed by atoms with van der Waals surface area (Å²) in [5.41, 5.74) is 5.32. The number of phosphoric acid groups is 1. The van der Waals surface area contributed by atoms with Gasteiger partial charge in [-0.05, 0) is 77.0 Å². The first-order valence-corrected chi connectivity index (χ1v) is 22.8. The van der Waals surface area contributed by atoms with Crippen LogP contribution in [0.2, 0.25) is 0 Å². The lowest BCUT2D eigenvalue weighted by molar-refractivity contribution is -0.161. The Labute approximate surface area is 338 Å². The summed E-state index contributed by atoms with van der Waals surface area (Å²) >= 11 is 0. The molecule has 322 valence electrons. The third-order valence-corrected chi connectivity index (χ3v) is 9.70. The first kappa shape index (κ1) is 53.2. The summed E-state index contributed by atoms with van der Waals surface area (Å²) in [5.74, 6) is -2.44. The van der Waals surface area contributed by atoms with Crippen molar-refractivity contribution in [3.8, 4) is 0 Å². The van der Waals surface area contributed by atoms with Crippen molar-refractivity contribution in [2.75, 3.05) is 19.8 Å². The Hall–Kier alpha value is -2.82. The van der Waals surface area contributed by atoms with Crippen LogP contribution in [0.3, 0.4) is 0 Å². The normalized spacial score (nSPS) is 14.4. The number of carbonyl (C=O) groups excluding carboxylic acids is 2. The molecule has 0 saturated heterocycles. The van der Waals surface area contributed by atoms with Gasteiger partial charge in [-0.1, -0.05) is 139 Å². The van der Waals surface area contributed by atoms with Gasteiger partial charge in [0.1, 0.15) is 12.6 Å². The van der Waals surface area contributed by atoms with Crippen LogP contribution in [0, 0.1) is 0 Å². The van der Waals surface area contributed by atoms with Gasteiger partial charge in [-0.2, -0.15) is 0 Å². The zero-order valence-electron chi connectivity index (χ0n) is 34.7. The molecule has 0 aliphatic carbocycles. The number of carbonyl (C=O) groups is 3. The minimum atomic E-state index is -4.73. The van der Waals surface area contributed by atoms with E-state index in [1.54, 1.807) is 0 Å². The van der Waals surface area contributed by atoms with E-state index in [0.29, 0.717) is 12.8 Å². The molecule has 0 saturated carbocycles.